The van der Waals surface area contributed by atoms with Crippen LogP contribution in [0.15, 0.2) is 53.4 Å². The smallest absolute Gasteiger partial charge is 0.338 e. The highest BCUT2D eigenvalue weighted by Crippen LogP contribution is 2.13. The Bertz CT molecular complexity index is 869. The summed E-state index contributed by atoms with van der Waals surface area (Å²) in [7, 11) is 2.34. The molecule has 2 aromatic carbocycles. The molecular weight excluding hydrogens is 394 g/mol. The summed E-state index contributed by atoms with van der Waals surface area (Å²) in [6.07, 6.45) is 0. The molecular formula is C21H30NO6S+. The van der Waals surface area contributed by atoms with Crippen LogP contribution in [-0.2, 0) is 14.9 Å². The van der Waals surface area contributed by atoms with Gasteiger partial charge in [-0.1, -0.05) is 17.7 Å². The van der Waals surface area contributed by atoms with E-state index in [1.54, 1.807) is 43.3 Å². The fourth-order valence-electron chi connectivity index (χ4n) is 2.05. The van der Waals surface area contributed by atoms with Gasteiger partial charge < -0.3 is 14.0 Å². The van der Waals surface area contributed by atoms with Crippen molar-refractivity contribution in [2.24, 2.45) is 0 Å². The standard InChI is InChI=1S/C14H22NO3.C7H8O3S/c1-5-17-14(16)12-6-8-13(9-7-12)18-11-10-15(2,3)4;1-6-2-4-7(5-3-6)11(8,9)10/h6-9H,5,10-11H2,1-4H3;2-5H,1H3,(H,8,9,10)/q+1;. The van der Waals surface area contributed by atoms with Crippen LogP contribution in [0.5, 0.6) is 5.75 Å². The summed E-state index contributed by atoms with van der Waals surface area (Å²) in [5.41, 5.74) is 1.51. The van der Waals surface area contributed by atoms with Gasteiger partial charge in [0.15, 0.2) is 0 Å². The maximum Gasteiger partial charge on any atom is 0.338 e. The fraction of sp³-hybridized carbons (Fsp3) is 0.381. The van der Waals surface area contributed by atoms with Crippen LogP contribution in [-0.4, -0.2) is 64.3 Å². The second-order valence-corrected chi connectivity index (χ2v) is 8.82. The summed E-state index contributed by atoms with van der Waals surface area (Å²) in [6, 6.07) is 13.0. The summed E-state index contributed by atoms with van der Waals surface area (Å²) in [6.45, 7) is 5.61. The Hall–Kier alpha value is -2.42. The van der Waals surface area contributed by atoms with Gasteiger partial charge in [0, 0.05) is 0 Å². The number of likely N-dealkylation sites (N-methyl/N-ethyl adjacent to an activating group) is 1. The van der Waals surface area contributed by atoms with Gasteiger partial charge in [-0.2, -0.15) is 8.42 Å². The molecule has 8 heteroatoms. The van der Waals surface area contributed by atoms with Gasteiger partial charge in [-0.15, -0.1) is 0 Å². The Morgan fingerprint density at radius 1 is 1.00 bits per heavy atom. The molecule has 0 heterocycles. The average Bonchev–Trinajstić information content (AvgIpc) is 2.61. The molecule has 160 valence electrons. The molecule has 0 spiro atoms. The molecule has 2 rings (SSSR count). The SMILES string of the molecule is CCOC(=O)c1ccc(OCC[N+](C)(C)C)cc1.Cc1ccc(S(=O)(=O)O)cc1. The zero-order chi connectivity index (χ0) is 22.1. The summed E-state index contributed by atoms with van der Waals surface area (Å²) >= 11 is 0. The summed E-state index contributed by atoms with van der Waals surface area (Å²) in [4.78, 5) is 11.4. The third kappa shape index (κ3) is 10.1. The topological polar surface area (TPSA) is 89.9 Å². The lowest BCUT2D eigenvalue weighted by Gasteiger charge is -2.23. The molecule has 29 heavy (non-hydrogen) atoms. The summed E-state index contributed by atoms with van der Waals surface area (Å²) < 4.78 is 40.9. The number of ether oxygens (including phenoxy) is 2. The van der Waals surface area contributed by atoms with Gasteiger partial charge in [-0.05, 0) is 50.2 Å². The van der Waals surface area contributed by atoms with E-state index in [9.17, 15) is 13.2 Å². The number of hydrogen-bond donors (Lipinski definition) is 1. The highest BCUT2D eigenvalue weighted by Gasteiger charge is 2.09. The number of aryl methyl sites for hydroxylation is 1. The molecule has 0 saturated heterocycles. The van der Waals surface area contributed by atoms with Crippen molar-refractivity contribution in [2.45, 2.75) is 18.7 Å². The molecule has 0 aromatic heterocycles. The van der Waals surface area contributed by atoms with E-state index in [2.05, 4.69) is 21.1 Å². The number of esters is 1. The minimum atomic E-state index is -4.02. The third-order valence-corrected chi connectivity index (χ3v) is 4.58. The van der Waals surface area contributed by atoms with Crippen molar-refractivity contribution in [3.63, 3.8) is 0 Å². The summed E-state index contributed by atoms with van der Waals surface area (Å²) in [5, 5.41) is 0. The van der Waals surface area contributed by atoms with Gasteiger partial charge in [0.05, 0.1) is 38.2 Å². The average molecular weight is 425 g/mol. The lowest BCUT2D eigenvalue weighted by atomic mass is 10.2. The predicted octanol–water partition coefficient (Wildman–Crippen LogP) is 3.19. The Labute approximate surface area is 173 Å². The van der Waals surface area contributed by atoms with Crippen molar-refractivity contribution >= 4 is 16.1 Å². The maximum absolute atomic E-state index is 11.4. The lowest BCUT2D eigenvalue weighted by Crippen LogP contribution is -2.38. The van der Waals surface area contributed by atoms with Gasteiger partial charge >= 0.3 is 5.97 Å². The second-order valence-electron chi connectivity index (χ2n) is 7.40. The predicted molar refractivity (Wildman–Crippen MR) is 112 cm³/mol. The number of rotatable bonds is 7. The normalized spacial score (nSPS) is 11.2. The van der Waals surface area contributed by atoms with Gasteiger partial charge in [0.2, 0.25) is 0 Å². The molecule has 0 radical (unpaired) electrons. The van der Waals surface area contributed by atoms with Crippen LogP contribution >= 0.6 is 0 Å². The molecule has 7 nitrogen and oxygen atoms in total. The largest absolute Gasteiger partial charge is 0.488 e. The number of carbonyl (C=O) groups is 1. The van der Waals surface area contributed by atoms with Crippen LogP contribution in [0.2, 0.25) is 0 Å². The Morgan fingerprint density at radius 3 is 2.00 bits per heavy atom. The van der Waals surface area contributed by atoms with Gasteiger partial charge in [-0.25, -0.2) is 4.79 Å². The van der Waals surface area contributed by atoms with E-state index in [0.29, 0.717) is 18.8 Å². The van der Waals surface area contributed by atoms with Crippen molar-refractivity contribution in [2.75, 3.05) is 40.9 Å². The first-order valence-electron chi connectivity index (χ1n) is 9.17. The minimum Gasteiger partial charge on any atom is -0.488 e. The zero-order valence-electron chi connectivity index (χ0n) is 17.6. The molecule has 0 aliphatic rings. The molecule has 0 amide bonds. The van der Waals surface area contributed by atoms with Gasteiger partial charge in [0.1, 0.15) is 18.9 Å². The number of carbonyl (C=O) groups excluding carboxylic acids is 1. The monoisotopic (exact) mass is 424 g/mol. The van der Waals surface area contributed by atoms with Crippen LogP contribution in [0.3, 0.4) is 0 Å². The number of nitrogens with zero attached hydrogens (tertiary/aromatic N) is 1. The minimum absolute atomic E-state index is 0.0666. The first-order chi connectivity index (χ1) is 13.4. The molecule has 2 aromatic rings. The molecule has 0 saturated carbocycles. The first-order valence-corrected chi connectivity index (χ1v) is 10.6. The molecule has 0 fully saturated rings. The van der Waals surface area contributed by atoms with Gasteiger partial charge in [0.25, 0.3) is 10.1 Å². The lowest BCUT2D eigenvalue weighted by molar-refractivity contribution is -0.870. The van der Waals surface area contributed by atoms with Crippen LogP contribution < -0.4 is 4.74 Å². The quantitative estimate of drug-likeness (QED) is 0.417. The van der Waals surface area contributed by atoms with Crippen molar-refractivity contribution in [3.05, 3.63) is 59.7 Å². The van der Waals surface area contributed by atoms with Gasteiger partial charge in [-0.3, -0.25) is 4.55 Å². The molecule has 0 unspecified atom stereocenters. The molecule has 0 atom stereocenters. The van der Waals surface area contributed by atoms with Crippen LogP contribution in [0.25, 0.3) is 0 Å². The van der Waals surface area contributed by atoms with Crippen LogP contribution in [0, 0.1) is 6.92 Å². The van der Waals surface area contributed by atoms with Crippen LogP contribution in [0.1, 0.15) is 22.8 Å². The Kier molecular flexibility index (Phi) is 9.29. The maximum atomic E-state index is 11.4. The van der Waals surface area contributed by atoms with Crippen molar-refractivity contribution in [1.82, 2.24) is 0 Å². The first kappa shape index (κ1) is 24.6. The molecule has 0 bridgehead atoms. The number of hydrogen-bond acceptors (Lipinski definition) is 5. The van der Waals surface area contributed by atoms with E-state index in [1.807, 2.05) is 6.92 Å². The van der Waals surface area contributed by atoms with E-state index in [-0.39, 0.29) is 10.9 Å². The molecule has 0 aliphatic heterocycles. The van der Waals surface area contributed by atoms with Crippen LogP contribution in [0.4, 0.5) is 0 Å². The number of quaternary nitrogens is 1. The second kappa shape index (κ2) is 10.9. The highest BCUT2D eigenvalue weighted by molar-refractivity contribution is 7.85. The zero-order valence-corrected chi connectivity index (χ0v) is 18.4. The Morgan fingerprint density at radius 2 is 1.55 bits per heavy atom. The van der Waals surface area contributed by atoms with E-state index >= 15 is 0 Å². The van der Waals surface area contributed by atoms with E-state index in [0.717, 1.165) is 22.3 Å². The fourth-order valence-corrected chi connectivity index (χ4v) is 2.53. The third-order valence-electron chi connectivity index (χ3n) is 3.72. The van der Waals surface area contributed by atoms with Crippen molar-refractivity contribution in [1.29, 1.82) is 0 Å². The molecule has 0 aliphatic carbocycles. The van der Waals surface area contributed by atoms with Crippen molar-refractivity contribution < 1.29 is 31.7 Å². The Balaban J connectivity index is 0.000000326. The number of benzene rings is 2. The summed E-state index contributed by atoms with van der Waals surface area (Å²) in [5.74, 6) is 0.479. The van der Waals surface area contributed by atoms with E-state index in [4.69, 9.17) is 14.0 Å². The highest BCUT2D eigenvalue weighted by atomic mass is 32.2. The van der Waals surface area contributed by atoms with E-state index < -0.39 is 10.1 Å². The van der Waals surface area contributed by atoms with E-state index in [1.165, 1.54) is 12.1 Å². The van der Waals surface area contributed by atoms with Crippen molar-refractivity contribution in [3.8, 4) is 5.75 Å². The molecule has 1 N–H and O–H groups in total.